The van der Waals surface area contributed by atoms with E-state index in [9.17, 15) is 14.0 Å². The Kier molecular flexibility index (Phi) is 5.41. The number of carbonyl (C=O) groups is 2. The first-order valence-corrected chi connectivity index (χ1v) is 9.18. The van der Waals surface area contributed by atoms with Crippen molar-refractivity contribution in [2.45, 2.75) is 6.61 Å². The number of hydrogen-bond acceptors (Lipinski definition) is 5. The lowest BCUT2D eigenvalue weighted by Crippen LogP contribution is -2.10. The summed E-state index contributed by atoms with van der Waals surface area (Å²) in [5, 5.41) is 0.784. The Morgan fingerprint density at radius 2 is 1.53 bits per heavy atom. The van der Waals surface area contributed by atoms with Gasteiger partial charge in [-0.1, -0.05) is 18.2 Å². The Morgan fingerprint density at radius 3 is 2.20 bits per heavy atom. The molecule has 0 atom stereocenters. The quantitative estimate of drug-likeness (QED) is 0.252. The molecule has 0 N–H and O–H groups in total. The third kappa shape index (κ3) is 3.86. The van der Waals surface area contributed by atoms with Crippen molar-refractivity contribution in [2.75, 3.05) is 7.11 Å². The number of carbonyl (C=O) groups excluding carboxylic acids is 2. The minimum Gasteiger partial charge on any atom is -0.449 e. The van der Waals surface area contributed by atoms with Crippen LogP contribution in [0.15, 0.2) is 77.2 Å². The molecule has 0 fully saturated rings. The molecule has 0 amide bonds. The maximum Gasteiger partial charge on any atom is 0.380 e. The maximum absolute atomic E-state index is 13.0. The van der Waals surface area contributed by atoms with Crippen LogP contribution in [0.3, 0.4) is 0 Å². The van der Waals surface area contributed by atoms with Gasteiger partial charge in [-0.2, -0.15) is 0 Å². The number of furan rings is 1. The third-order valence-corrected chi connectivity index (χ3v) is 4.61. The summed E-state index contributed by atoms with van der Waals surface area (Å²) in [5.74, 6) is -0.986. The van der Waals surface area contributed by atoms with Crippen LogP contribution < -0.4 is 4.74 Å². The second-order valence-corrected chi connectivity index (χ2v) is 6.59. The maximum atomic E-state index is 13.0. The van der Waals surface area contributed by atoms with Gasteiger partial charge in [0.05, 0.1) is 6.61 Å². The van der Waals surface area contributed by atoms with E-state index in [-0.39, 0.29) is 23.9 Å². The number of esters is 1. The lowest BCUT2D eigenvalue weighted by molar-refractivity contribution is 0.0697. The average Bonchev–Trinajstić information content (AvgIpc) is 3.13. The molecule has 3 aromatic carbocycles. The lowest BCUT2D eigenvalue weighted by atomic mass is 10.0. The van der Waals surface area contributed by atoms with Crippen LogP contribution in [0.25, 0.3) is 11.0 Å². The molecule has 4 rings (SSSR count). The first kappa shape index (κ1) is 19.5. The first-order chi connectivity index (χ1) is 14.6. The van der Waals surface area contributed by atoms with Gasteiger partial charge in [0.2, 0.25) is 5.76 Å². The van der Waals surface area contributed by atoms with E-state index >= 15 is 0 Å². The fraction of sp³-hybridized carbons (Fsp3) is 0.0833. The molecule has 0 unspecified atom stereocenters. The highest BCUT2D eigenvalue weighted by Crippen LogP contribution is 2.28. The van der Waals surface area contributed by atoms with Gasteiger partial charge in [0, 0.05) is 29.2 Å². The molecule has 0 saturated heterocycles. The Labute approximate surface area is 171 Å². The molecule has 0 aliphatic carbocycles. The molecule has 0 aliphatic heterocycles. The zero-order valence-electron chi connectivity index (χ0n) is 16.1. The van der Waals surface area contributed by atoms with E-state index in [1.807, 2.05) is 18.2 Å². The molecule has 0 radical (unpaired) electrons. The largest absolute Gasteiger partial charge is 0.449 e. The van der Waals surface area contributed by atoms with Crippen LogP contribution in [0, 0.1) is 5.82 Å². The van der Waals surface area contributed by atoms with Gasteiger partial charge in [0.1, 0.15) is 17.1 Å². The topological polar surface area (TPSA) is 65.7 Å². The number of para-hydroxylation sites is 1. The van der Waals surface area contributed by atoms with Crippen molar-refractivity contribution >= 4 is 22.7 Å². The Balaban J connectivity index is 1.54. The summed E-state index contributed by atoms with van der Waals surface area (Å²) < 4.78 is 29.3. The Morgan fingerprint density at radius 1 is 0.900 bits per heavy atom. The molecule has 0 spiro atoms. The van der Waals surface area contributed by atoms with Crippen LogP contribution in [-0.4, -0.2) is 18.9 Å². The minimum atomic E-state index is -0.657. The van der Waals surface area contributed by atoms with Gasteiger partial charge in [-0.25, -0.2) is 9.18 Å². The minimum absolute atomic E-state index is 0.0736. The number of hydrogen-bond donors (Lipinski definition) is 0. The smallest absolute Gasteiger partial charge is 0.380 e. The van der Waals surface area contributed by atoms with Crippen LogP contribution in [0.5, 0.6) is 5.75 Å². The van der Waals surface area contributed by atoms with Crippen molar-refractivity contribution in [3.05, 3.63) is 101 Å². The predicted molar refractivity (Wildman–Crippen MR) is 108 cm³/mol. The molecular weight excluding hydrogens is 387 g/mol. The summed E-state index contributed by atoms with van der Waals surface area (Å²) >= 11 is 0. The third-order valence-electron chi connectivity index (χ3n) is 4.61. The number of fused-ring (bicyclic) bond motifs is 1. The molecule has 0 aliphatic rings. The summed E-state index contributed by atoms with van der Waals surface area (Å²) in [5.41, 5.74) is 1.94. The van der Waals surface area contributed by atoms with Crippen molar-refractivity contribution in [1.82, 2.24) is 0 Å². The molecule has 150 valence electrons. The number of methoxy groups -OCH3 is 1. The lowest BCUT2D eigenvalue weighted by Gasteiger charge is -2.06. The van der Waals surface area contributed by atoms with Crippen LogP contribution in [-0.2, 0) is 11.3 Å². The monoisotopic (exact) mass is 404 g/mol. The van der Waals surface area contributed by atoms with Crippen LogP contribution >= 0.6 is 0 Å². The van der Waals surface area contributed by atoms with Crippen LogP contribution in [0.1, 0.15) is 32.0 Å². The summed E-state index contributed by atoms with van der Waals surface area (Å²) in [6, 6.07) is 18.7. The highest BCUT2D eigenvalue weighted by molar-refractivity contribution is 6.09. The van der Waals surface area contributed by atoms with Crippen molar-refractivity contribution < 1.29 is 27.9 Å². The zero-order valence-corrected chi connectivity index (χ0v) is 16.1. The highest BCUT2D eigenvalue weighted by Gasteiger charge is 2.22. The Hall–Kier alpha value is -3.77. The van der Waals surface area contributed by atoms with Crippen molar-refractivity contribution in [3.8, 4) is 5.75 Å². The molecule has 5 nitrogen and oxygen atoms in total. The van der Waals surface area contributed by atoms with Gasteiger partial charge in [0.25, 0.3) is 0 Å². The van der Waals surface area contributed by atoms with Gasteiger partial charge in [0.15, 0.2) is 5.78 Å². The first-order valence-electron chi connectivity index (χ1n) is 9.18. The molecule has 4 aromatic rings. The van der Waals surface area contributed by atoms with Gasteiger partial charge in [-0.3, -0.25) is 4.79 Å². The van der Waals surface area contributed by atoms with E-state index in [1.54, 1.807) is 18.2 Å². The van der Waals surface area contributed by atoms with E-state index in [0.717, 1.165) is 5.39 Å². The SMILES string of the molecule is COCc1c(C(=O)Oc2ccc(C(=O)c3ccc(F)cc3)cc2)oc2ccccc12. The summed E-state index contributed by atoms with van der Waals surface area (Å²) in [6.07, 6.45) is 0. The molecular formula is C24H17FO5. The Bertz CT molecular complexity index is 1210. The molecule has 0 saturated carbocycles. The zero-order chi connectivity index (χ0) is 21.1. The standard InChI is InChI=1S/C24H17FO5/c1-28-14-20-19-4-2-3-5-21(19)30-23(20)24(27)29-18-12-8-16(9-13-18)22(26)15-6-10-17(25)11-7-15/h2-13H,14H2,1H3. The van der Waals surface area contributed by atoms with Gasteiger partial charge >= 0.3 is 5.97 Å². The second-order valence-electron chi connectivity index (χ2n) is 6.59. The van der Waals surface area contributed by atoms with E-state index in [1.165, 1.54) is 43.5 Å². The van der Waals surface area contributed by atoms with E-state index in [4.69, 9.17) is 13.9 Å². The van der Waals surface area contributed by atoms with Crippen LogP contribution in [0.4, 0.5) is 4.39 Å². The molecule has 6 heteroatoms. The summed E-state index contributed by atoms with van der Waals surface area (Å²) in [4.78, 5) is 25.1. The number of rotatable bonds is 6. The number of ether oxygens (including phenoxy) is 2. The van der Waals surface area contributed by atoms with Crippen molar-refractivity contribution in [1.29, 1.82) is 0 Å². The van der Waals surface area contributed by atoms with E-state index < -0.39 is 11.8 Å². The van der Waals surface area contributed by atoms with Gasteiger partial charge < -0.3 is 13.9 Å². The van der Waals surface area contributed by atoms with E-state index in [0.29, 0.717) is 22.3 Å². The number of ketones is 1. The molecule has 0 bridgehead atoms. The average molecular weight is 404 g/mol. The summed E-state index contributed by atoms with van der Waals surface area (Å²) in [6.45, 7) is 0.201. The van der Waals surface area contributed by atoms with E-state index in [2.05, 4.69) is 0 Å². The van der Waals surface area contributed by atoms with Gasteiger partial charge in [-0.15, -0.1) is 0 Å². The number of halogens is 1. The van der Waals surface area contributed by atoms with Gasteiger partial charge in [-0.05, 0) is 54.6 Å². The van der Waals surface area contributed by atoms with Crippen molar-refractivity contribution in [2.24, 2.45) is 0 Å². The normalized spacial score (nSPS) is 10.9. The predicted octanol–water partition coefficient (Wildman–Crippen LogP) is 5.17. The van der Waals surface area contributed by atoms with Crippen molar-refractivity contribution in [3.63, 3.8) is 0 Å². The molecule has 1 aromatic heterocycles. The molecule has 1 heterocycles. The number of benzene rings is 3. The second kappa shape index (κ2) is 8.31. The molecule has 30 heavy (non-hydrogen) atoms. The van der Waals surface area contributed by atoms with Crippen LogP contribution in [0.2, 0.25) is 0 Å². The highest BCUT2D eigenvalue weighted by atomic mass is 19.1. The fourth-order valence-electron chi connectivity index (χ4n) is 3.15. The summed E-state index contributed by atoms with van der Waals surface area (Å²) in [7, 11) is 1.54. The fourth-order valence-corrected chi connectivity index (χ4v) is 3.15.